The fourth-order valence-electron chi connectivity index (χ4n) is 4.11. The van der Waals surface area contributed by atoms with Crippen LogP contribution in [0, 0.1) is 11.7 Å². The lowest BCUT2D eigenvalue weighted by molar-refractivity contribution is 0.190. The van der Waals surface area contributed by atoms with E-state index in [4.69, 9.17) is 22.1 Å². The first kappa shape index (κ1) is 19.9. The molecule has 1 atom stereocenters. The molecule has 4 rings (SSSR count). The van der Waals surface area contributed by atoms with Crippen LogP contribution in [0.5, 0.6) is 5.75 Å². The summed E-state index contributed by atoms with van der Waals surface area (Å²) in [7, 11) is 2.00. The zero-order valence-electron chi connectivity index (χ0n) is 17.3. The Morgan fingerprint density at radius 2 is 1.97 bits per heavy atom. The van der Waals surface area contributed by atoms with E-state index >= 15 is 0 Å². The SMILES string of the molecule is CCOc1ccc(C2CCCN2Cn2nc(-c3cccc(C)c3)n(C)c2=S)cc1. The molecule has 29 heavy (non-hydrogen) atoms. The minimum Gasteiger partial charge on any atom is -0.494 e. The summed E-state index contributed by atoms with van der Waals surface area (Å²) in [6.45, 7) is 6.55. The van der Waals surface area contributed by atoms with Crippen LogP contribution in [0.4, 0.5) is 0 Å². The quantitative estimate of drug-likeness (QED) is 0.530. The Balaban J connectivity index is 1.57. The van der Waals surface area contributed by atoms with Crippen molar-refractivity contribution in [3.63, 3.8) is 0 Å². The summed E-state index contributed by atoms with van der Waals surface area (Å²) in [4.78, 5) is 2.47. The monoisotopic (exact) mass is 408 g/mol. The summed E-state index contributed by atoms with van der Waals surface area (Å²) in [5.41, 5.74) is 3.65. The third-order valence-electron chi connectivity index (χ3n) is 5.57. The molecular formula is C23H28N4OS. The van der Waals surface area contributed by atoms with E-state index in [2.05, 4.69) is 60.4 Å². The maximum atomic E-state index is 5.70. The number of nitrogens with zero attached hydrogens (tertiary/aromatic N) is 4. The minimum atomic E-state index is 0.386. The maximum absolute atomic E-state index is 5.70. The zero-order valence-corrected chi connectivity index (χ0v) is 18.2. The number of aromatic nitrogens is 3. The molecule has 3 aromatic rings. The van der Waals surface area contributed by atoms with Gasteiger partial charge in [-0.2, -0.15) is 5.10 Å². The molecule has 0 radical (unpaired) electrons. The topological polar surface area (TPSA) is 35.2 Å². The predicted octanol–water partition coefficient (Wildman–Crippen LogP) is 5.12. The Labute approximate surface area is 177 Å². The number of rotatable bonds is 6. The molecule has 0 amide bonds. The molecule has 0 saturated carbocycles. The smallest absolute Gasteiger partial charge is 0.199 e. The van der Waals surface area contributed by atoms with Crippen molar-refractivity contribution >= 4 is 12.2 Å². The van der Waals surface area contributed by atoms with E-state index in [1.165, 1.54) is 17.5 Å². The average Bonchev–Trinajstić information content (AvgIpc) is 3.29. The molecule has 1 aliphatic rings. The van der Waals surface area contributed by atoms with Gasteiger partial charge in [0.05, 0.1) is 13.3 Å². The van der Waals surface area contributed by atoms with Crippen LogP contribution in [0.3, 0.4) is 0 Å². The largest absolute Gasteiger partial charge is 0.494 e. The molecule has 152 valence electrons. The van der Waals surface area contributed by atoms with Crippen molar-refractivity contribution in [2.24, 2.45) is 7.05 Å². The average molecular weight is 409 g/mol. The highest BCUT2D eigenvalue weighted by molar-refractivity contribution is 7.71. The molecule has 1 aromatic heterocycles. The van der Waals surface area contributed by atoms with Gasteiger partial charge in [0.15, 0.2) is 10.6 Å². The van der Waals surface area contributed by atoms with Crippen molar-refractivity contribution in [1.29, 1.82) is 0 Å². The van der Waals surface area contributed by atoms with E-state index in [0.29, 0.717) is 19.3 Å². The van der Waals surface area contributed by atoms with Gasteiger partial charge in [-0.3, -0.25) is 4.90 Å². The van der Waals surface area contributed by atoms with Crippen LogP contribution in [0.15, 0.2) is 48.5 Å². The molecule has 2 aromatic carbocycles. The number of hydrogen-bond donors (Lipinski definition) is 0. The summed E-state index contributed by atoms with van der Waals surface area (Å²) < 4.78 is 10.3. The molecule has 0 bridgehead atoms. The third kappa shape index (κ3) is 4.14. The highest BCUT2D eigenvalue weighted by Crippen LogP contribution is 2.33. The Bertz CT molecular complexity index is 1040. The van der Waals surface area contributed by atoms with Crippen LogP contribution in [0.1, 0.15) is 36.9 Å². The van der Waals surface area contributed by atoms with Crippen molar-refractivity contribution < 1.29 is 4.74 Å². The van der Waals surface area contributed by atoms with Gasteiger partial charge < -0.3 is 9.30 Å². The van der Waals surface area contributed by atoms with Gasteiger partial charge in [0, 0.05) is 25.2 Å². The van der Waals surface area contributed by atoms with Gasteiger partial charge in [0.1, 0.15) is 5.75 Å². The highest BCUT2D eigenvalue weighted by atomic mass is 32.1. The lowest BCUT2D eigenvalue weighted by Crippen LogP contribution is -2.27. The number of benzene rings is 2. The minimum absolute atomic E-state index is 0.386. The Morgan fingerprint density at radius 1 is 1.17 bits per heavy atom. The predicted molar refractivity (Wildman–Crippen MR) is 118 cm³/mol. The van der Waals surface area contributed by atoms with Crippen LogP contribution in [0.25, 0.3) is 11.4 Å². The van der Waals surface area contributed by atoms with Crippen LogP contribution in [0.2, 0.25) is 0 Å². The summed E-state index contributed by atoms with van der Waals surface area (Å²) in [6.07, 6.45) is 2.33. The molecule has 0 spiro atoms. The van der Waals surface area contributed by atoms with Gasteiger partial charge in [-0.1, -0.05) is 35.9 Å². The molecule has 2 heterocycles. The molecule has 6 heteroatoms. The molecule has 1 unspecified atom stereocenters. The molecule has 0 N–H and O–H groups in total. The zero-order chi connectivity index (χ0) is 20.4. The van der Waals surface area contributed by atoms with E-state index in [1.807, 2.05) is 23.2 Å². The Kier molecular flexibility index (Phi) is 5.83. The van der Waals surface area contributed by atoms with Crippen molar-refractivity contribution in [2.75, 3.05) is 13.2 Å². The Morgan fingerprint density at radius 3 is 2.69 bits per heavy atom. The molecule has 1 fully saturated rings. The number of aryl methyl sites for hydroxylation is 1. The van der Waals surface area contributed by atoms with Gasteiger partial charge in [0.25, 0.3) is 0 Å². The van der Waals surface area contributed by atoms with E-state index in [9.17, 15) is 0 Å². The van der Waals surface area contributed by atoms with Gasteiger partial charge in [-0.05, 0) is 62.7 Å². The van der Waals surface area contributed by atoms with E-state index in [1.54, 1.807) is 0 Å². The van der Waals surface area contributed by atoms with Crippen molar-refractivity contribution in [3.8, 4) is 17.1 Å². The van der Waals surface area contributed by atoms with Crippen LogP contribution in [-0.2, 0) is 13.7 Å². The van der Waals surface area contributed by atoms with Crippen LogP contribution >= 0.6 is 12.2 Å². The lowest BCUT2D eigenvalue weighted by atomic mass is 10.0. The fraction of sp³-hybridized carbons (Fsp3) is 0.391. The summed E-state index contributed by atoms with van der Waals surface area (Å²) in [5.74, 6) is 1.84. The van der Waals surface area contributed by atoms with E-state index in [-0.39, 0.29) is 0 Å². The standard InChI is InChI=1S/C23H28N4OS/c1-4-28-20-12-10-18(11-13-20)21-9-6-14-26(21)16-27-23(29)25(3)22(24-27)19-8-5-7-17(2)15-19/h5,7-8,10-13,15,21H,4,6,9,14,16H2,1-3H3. The number of hydrogen-bond acceptors (Lipinski definition) is 4. The summed E-state index contributed by atoms with van der Waals surface area (Å²) >= 11 is 5.70. The first-order valence-electron chi connectivity index (χ1n) is 10.2. The molecule has 1 saturated heterocycles. The van der Waals surface area contributed by atoms with Gasteiger partial charge in [0.2, 0.25) is 0 Å². The number of likely N-dealkylation sites (tertiary alicyclic amines) is 1. The highest BCUT2D eigenvalue weighted by Gasteiger charge is 2.27. The van der Waals surface area contributed by atoms with Gasteiger partial charge in [-0.15, -0.1) is 0 Å². The molecular weight excluding hydrogens is 380 g/mol. The van der Waals surface area contributed by atoms with Gasteiger partial charge >= 0.3 is 0 Å². The molecule has 1 aliphatic heterocycles. The fourth-order valence-corrected chi connectivity index (χ4v) is 4.30. The van der Waals surface area contributed by atoms with E-state index < -0.39 is 0 Å². The first-order chi connectivity index (χ1) is 14.1. The second-order valence-electron chi connectivity index (χ2n) is 7.65. The van der Waals surface area contributed by atoms with Crippen LogP contribution < -0.4 is 4.74 Å². The van der Waals surface area contributed by atoms with Crippen LogP contribution in [-0.4, -0.2) is 32.4 Å². The number of ether oxygens (including phenoxy) is 1. The van der Waals surface area contributed by atoms with Crippen molar-refractivity contribution in [1.82, 2.24) is 19.2 Å². The molecule has 5 nitrogen and oxygen atoms in total. The van der Waals surface area contributed by atoms with Crippen molar-refractivity contribution in [3.05, 3.63) is 64.4 Å². The first-order valence-corrected chi connectivity index (χ1v) is 10.7. The van der Waals surface area contributed by atoms with Gasteiger partial charge in [-0.25, -0.2) is 4.68 Å². The lowest BCUT2D eigenvalue weighted by Gasteiger charge is -2.24. The normalized spacial score (nSPS) is 17.0. The molecule has 0 aliphatic carbocycles. The van der Waals surface area contributed by atoms with Crippen molar-refractivity contribution in [2.45, 2.75) is 39.4 Å². The maximum Gasteiger partial charge on any atom is 0.199 e. The summed E-state index contributed by atoms with van der Waals surface area (Å²) in [6, 6.07) is 17.3. The summed E-state index contributed by atoms with van der Waals surface area (Å²) in [5, 5.41) is 4.86. The second kappa shape index (κ2) is 8.51. The van der Waals surface area contributed by atoms with E-state index in [0.717, 1.165) is 34.9 Å². The Hall–Kier alpha value is -2.44. The third-order valence-corrected chi connectivity index (χ3v) is 6.06. The second-order valence-corrected chi connectivity index (χ2v) is 8.01.